The SMILES string of the molecule is COC(=O)Cn1c(=NC(=O)C2CCCN2S(=O)(=O)c2ccc(Cl)cc2)sc2cc(C)c(C)cc21. The summed E-state index contributed by atoms with van der Waals surface area (Å²) in [5.74, 6) is -1.03. The van der Waals surface area contributed by atoms with Crippen LogP contribution in [0, 0.1) is 13.8 Å². The van der Waals surface area contributed by atoms with Gasteiger partial charge in [-0.1, -0.05) is 22.9 Å². The number of rotatable bonds is 5. The lowest BCUT2D eigenvalue weighted by molar-refractivity contribution is -0.141. The molecule has 1 atom stereocenters. The molecule has 0 radical (unpaired) electrons. The van der Waals surface area contributed by atoms with Gasteiger partial charge in [-0.15, -0.1) is 0 Å². The van der Waals surface area contributed by atoms with Crippen molar-refractivity contribution in [2.24, 2.45) is 4.99 Å². The van der Waals surface area contributed by atoms with Gasteiger partial charge in [-0.05, 0) is 74.2 Å². The van der Waals surface area contributed by atoms with E-state index in [0.717, 1.165) is 21.3 Å². The second kappa shape index (κ2) is 9.61. The van der Waals surface area contributed by atoms with Crippen molar-refractivity contribution in [3.63, 3.8) is 0 Å². The third-order valence-corrected chi connectivity index (χ3v) is 9.14. The van der Waals surface area contributed by atoms with Gasteiger partial charge >= 0.3 is 5.97 Å². The first-order chi connectivity index (χ1) is 16.1. The lowest BCUT2D eigenvalue weighted by Gasteiger charge is -2.21. The zero-order chi connectivity index (χ0) is 24.6. The van der Waals surface area contributed by atoms with E-state index in [1.807, 2.05) is 26.0 Å². The summed E-state index contributed by atoms with van der Waals surface area (Å²) >= 11 is 7.17. The van der Waals surface area contributed by atoms with Gasteiger partial charge in [0.25, 0.3) is 5.91 Å². The Bertz CT molecular complexity index is 1440. The van der Waals surface area contributed by atoms with Crippen molar-refractivity contribution in [3.8, 4) is 0 Å². The standard InChI is InChI=1S/C23H24ClN3O5S2/c1-14-11-19-20(12-15(14)2)33-23(26(19)13-21(28)32-3)25-22(29)18-5-4-10-27(18)34(30,31)17-8-6-16(24)7-9-17/h6-9,11-12,18H,4-5,10,13H2,1-3H3. The predicted molar refractivity (Wildman–Crippen MR) is 130 cm³/mol. The topological polar surface area (TPSA) is 98.0 Å². The van der Waals surface area contributed by atoms with E-state index in [-0.39, 0.29) is 18.0 Å². The Balaban J connectivity index is 1.75. The zero-order valence-electron chi connectivity index (χ0n) is 18.9. The van der Waals surface area contributed by atoms with Gasteiger partial charge in [0.15, 0.2) is 4.80 Å². The van der Waals surface area contributed by atoms with Gasteiger partial charge in [-0.3, -0.25) is 9.59 Å². The van der Waals surface area contributed by atoms with Gasteiger partial charge in [-0.25, -0.2) is 8.42 Å². The maximum Gasteiger partial charge on any atom is 0.325 e. The molecular formula is C23H24ClN3O5S2. The average Bonchev–Trinajstić information content (AvgIpc) is 3.41. The number of benzene rings is 2. The second-order valence-electron chi connectivity index (χ2n) is 8.13. The summed E-state index contributed by atoms with van der Waals surface area (Å²) < 4.78 is 35.0. The number of sulfonamides is 1. The van der Waals surface area contributed by atoms with Crippen molar-refractivity contribution in [2.45, 2.75) is 44.2 Å². The van der Waals surface area contributed by atoms with Gasteiger partial charge in [0, 0.05) is 11.6 Å². The summed E-state index contributed by atoms with van der Waals surface area (Å²) in [7, 11) is -2.60. The van der Waals surface area contributed by atoms with Gasteiger partial charge < -0.3 is 9.30 Å². The molecule has 1 aromatic heterocycles. The number of amides is 1. The number of halogens is 1. The smallest absolute Gasteiger partial charge is 0.325 e. The number of carbonyl (C=O) groups excluding carboxylic acids is 2. The van der Waals surface area contributed by atoms with Crippen LogP contribution in [0.3, 0.4) is 0 Å². The van der Waals surface area contributed by atoms with E-state index >= 15 is 0 Å². The lowest BCUT2D eigenvalue weighted by Crippen LogP contribution is -2.40. The van der Waals surface area contributed by atoms with Gasteiger partial charge in [0.2, 0.25) is 10.0 Å². The molecule has 0 bridgehead atoms. The number of carbonyl (C=O) groups is 2. The Labute approximate surface area is 206 Å². The van der Waals surface area contributed by atoms with E-state index in [0.29, 0.717) is 22.7 Å². The maximum atomic E-state index is 13.3. The van der Waals surface area contributed by atoms with Crippen LogP contribution in [-0.2, 0) is 30.9 Å². The molecule has 34 heavy (non-hydrogen) atoms. The number of esters is 1. The van der Waals surface area contributed by atoms with Crippen molar-refractivity contribution in [1.29, 1.82) is 0 Å². The summed E-state index contributed by atoms with van der Waals surface area (Å²) in [4.78, 5) is 30.0. The third-order valence-electron chi connectivity index (χ3n) is 5.93. The molecule has 2 aromatic carbocycles. The molecule has 180 valence electrons. The molecule has 0 N–H and O–H groups in total. The number of ether oxygens (including phenoxy) is 1. The Kier molecular flexibility index (Phi) is 6.95. The van der Waals surface area contributed by atoms with Crippen LogP contribution in [0.2, 0.25) is 5.02 Å². The number of thiazole rings is 1. The predicted octanol–water partition coefficient (Wildman–Crippen LogP) is 3.43. The molecule has 4 rings (SSSR count). The van der Waals surface area contributed by atoms with Gasteiger partial charge in [0.1, 0.15) is 12.6 Å². The van der Waals surface area contributed by atoms with Crippen LogP contribution < -0.4 is 4.80 Å². The van der Waals surface area contributed by atoms with Crippen LogP contribution in [0.25, 0.3) is 10.2 Å². The summed E-state index contributed by atoms with van der Waals surface area (Å²) in [5.41, 5.74) is 2.88. The van der Waals surface area contributed by atoms with Crippen molar-refractivity contribution in [2.75, 3.05) is 13.7 Å². The van der Waals surface area contributed by atoms with E-state index in [4.69, 9.17) is 16.3 Å². The largest absolute Gasteiger partial charge is 0.468 e. The first-order valence-electron chi connectivity index (χ1n) is 10.6. The summed E-state index contributed by atoms with van der Waals surface area (Å²) in [5, 5.41) is 0.424. The first kappa shape index (κ1) is 24.6. The molecular weight excluding hydrogens is 498 g/mol. The number of fused-ring (bicyclic) bond motifs is 1. The fourth-order valence-corrected chi connectivity index (χ4v) is 6.83. The Hall–Kier alpha value is -2.53. The molecule has 8 nitrogen and oxygen atoms in total. The molecule has 2 heterocycles. The summed E-state index contributed by atoms with van der Waals surface area (Å²) in [6, 6.07) is 8.87. The minimum atomic E-state index is -3.89. The molecule has 1 aliphatic rings. The zero-order valence-corrected chi connectivity index (χ0v) is 21.3. The van der Waals surface area contributed by atoms with Crippen molar-refractivity contribution >= 4 is 55.1 Å². The average molecular weight is 522 g/mol. The van der Waals surface area contributed by atoms with E-state index < -0.39 is 27.9 Å². The number of methoxy groups -OCH3 is 1. The monoisotopic (exact) mass is 521 g/mol. The third kappa shape index (κ3) is 4.68. The quantitative estimate of drug-likeness (QED) is 0.479. The van der Waals surface area contributed by atoms with Crippen LogP contribution in [0.15, 0.2) is 46.3 Å². The summed E-state index contributed by atoms with van der Waals surface area (Å²) in [6.45, 7) is 4.07. The van der Waals surface area contributed by atoms with E-state index in [9.17, 15) is 18.0 Å². The van der Waals surface area contributed by atoms with E-state index in [2.05, 4.69) is 4.99 Å². The lowest BCUT2D eigenvalue weighted by atomic mass is 10.1. The molecule has 0 spiro atoms. The molecule has 1 amide bonds. The number of hydrogen-bond donors (Lipinski definition) is 0. The fourth-order valence-electron chi connectivity index (χ4n) is 3.94. The van der Waals surface area contributed by atoms with Crippen molar-refractivity contribution in [3.05, 3.63) is 57.3 Å². The maximum absolute atomic E-state index is 13.3. The molecule has 1 aliphatic heterocycles. The number of aromatic nitrogens is 1. The highest BCUT2D eigenvalue weighted by Crippen LogP contribution is 2.28. The van der Waals surface area contributed by atoms with Crippen LogP contribution in [0.5, 0.6) is 0 Å². The van der Waals surface area contributed by atoms with Crippen molar-refractivity contribution < 1.29 is 22.7 Å². The second-order valence-corrected chi connectivity index (χ2v) is 11.5. The number of nitrogens with zero attached hydrogens (tertiary/aromatic N) is 3. The van der Waals surface area contributed by atoms with Gasteiger partial charge in [-0.2, -0.15) is 9.30 Å². The molecule has 1 fully saturated rings. The first-order valence-corrected chi connectivity index (χ1v) is 13.3. The molecule has 0 aliphatic carbocycles. The molecule has 1 saturated heterocycles. The Morgan fingerprint density at radius 2 is 1.85 bits per heavy atom. The van der Waals surface area contributed by atoms with Crippen molar-refractivity contribution in [1.82, 2.24) is 8.87 Å². The minimum absolute atomic E-state index is 0.0742. The van der Waals surface area contributed by atoms with E-state index in [1.165, 1.54) is 47.0 Å². The highest BCUT2D eigenvalue weighted by atomic mass is 35.5. The van der Waals surface area contributed by atoms with Crippen LogP contribution >= 0.6 is 22.9 Å². The number of aryl methyl sites for hydroxylation is 2. The molecule has 11 heteroatoms. The van der Waals surface area contributed by atoms with Crippen LogP contribution in [0.1, 0.15) is 24.0 Å². The molecule has 3 aromatic rings. The van der Waals surface area contributed by atoms with Gasteiger partial charge in [0.05, 0.1) is 22.2 Å². The van der Waals surface area contributed by atoms with Crippen LogP contribution in [-0.4, -0.2) is 48.9 Å². The Morgan fingerprint density at radius 3 is 2.53 bits per heavy atom. The fraction of sp³-hybridized carbons (Fsp3) is 0.348. The number of hydrogen-bond acceptors (Lipinski definition) is 6. The molecule has 0 saturated carbocycles. The summed E-state index contributed by atoms with van der Waals surface area (Å²) in [6.07, 6.45) is 0.918. The Morgan fingerprint density at radius 1 is 1.18 bits per heavy atom. The highest BCUT2D eigenvalue weighted by Gasteiger charge is 2.39. The van der Waals surface area contributed by atoms with Crippen LogP contribution in [0.4, 0.5) is 0 Å². The van der Waals surface area contributed by atoms with E-state index in [1.54, 1.807) is 4.57 Å². The normalized spacial score (nSPS) is 17.4. The highest BCUT2D eigenvalue weighted by molar-refractivity contribution is 7.89. The molecule has 1 unspecified atom stereocenters. The minimum Gasteiger partial charge on any atom is -0.468 e.